The Labute approximate surface area is 191 Å². The van der Waals surface area contributed by atoms with Gasteiger partial charge >= 0.3 is 6.09 Å². The third-order valence-electron chi connectivity index (χ3n) is 6.14. The second-order valence-electron chi connectivity index (χ2n) is 9.60. The number of anilines is 1. The molecule has 2 aromatic carbocycles. The summed E-state index contributed by atoms with van der Waals surface area (Å²) in [5.74, 6) is 0. The Hall–Kier alpha value is -2.54. The topological polar surface area (TPSA) is 66.9 Å². The highest BCUT2D eigenvalue weighted by molar-refractivity contribution is 7.91. The van der Waals surface area contributed by atoms with E-state index >= 15 is 0 Å². The molecule has 1 saturated heterocycles. The molecule has 2 aliphatic heterocycles. The predicted molar refractivity (Wildman–Crippen MR) is 125 cm³/mol. The zero-order valence-corrected chi connectivity index (χ0v) is 19.9. The smallest absolute Gasteiger partial charge is 0.410 e. The van der Waals surface area contributed by atoms with Crippen LogP contribution < -0.4 is 4.90 Å². The molecule has 32 heavy (non-hydrogen) atoms. The van der Waals surface area contributed by atoms with E-state index in [4.69, 9.17) is 4.74 Å². The van der Waals surface area contributed by atoms with Crippen molar-refractivity contribution in [3.05, 3.63) is 54.1 Å². The molecule has 0 N–H and O–H groups in total. The van der Waals surface area contributed by atoms with Gasteiger partial charge in [0.1, 0.15) is 5.60 Å². The van der Waals surface area contributed by atoms with Crippen LogP contribution in [-0.4, -0.2) is 50.7 Å². The van der Waals surface area contributed by atoms with Crippen molar-refractivity contribution in [1.29, 1.82) is 0 Å². The van der Waals surface area contributed by atoms with Crippen LogP contribution in [0.4, 0.5) is 10.5 Å². The standard InChI is InChI=1S/C25H32N2O4S/c1-25(2,3)31-24(28)26-15-7-8-20(14-16-26)27-17-13-19-18-22(11-12-23(19)27)32(29,30)21-9-5-4-6-10-21/h4-6,9-12,18,20H,7-8,13-17H2,1-3H3. The predicted octanol–water partition coefficient (Wildman–Crippen LogP) is 4.67. The average molecular weight is 457 g/mol. The van der Waals surface area contributed by atoms with Gasteiger partial charge in [-0.3, -0.25) is 0 Å². The van der Waals surface area contributed by atoms with Crippen molar-refractivity contribution in [2.45, 2.75) is 67.9 Å². The Morgan fingerprint density at radius 3 is 2.44 bits per heavy atom. The van der Waals surface area contributed by atoms with Crippen LogP contribution in [0.25, 0.3) is 0 Å². The molecule has 0 saturated carbocycles. The molecule has 1 atom stereocenters. The summed E-state index contributed by atoms with van der Waals surface area (Å²) in [5, 5.41) is 0. The number of rotatable bonds is 3. The highest BCUT2D eigenvalue weighted by Gasteiger charge is 2.31. The van der Waals surface area contributed by atoms with E-state index in [1.54, 1.807) is 30.3 Å². The molecule has 0 aromatic heterocycles. The molecule has 4 rings (SSSR count). The molecule has 2 aliphatic rings. The number of ether oxygens (including phenoxy) is 1. The van der Waals surface area contributed by atoms with Crippen molar-refractivity contribution >= 4 is 21.6 Å². The number of amides is 1. The van der Waals surface area contributed by atoms with Gasteiger partial charge in [0.05, 0.1) is 9.79 Å². The van der Waals surface area contributed by atoms with Gasteiger partial charge in [0.25, 0.3) is 0 Å². The van der Waals surface area contributed by atoms with E-state index in [-0.39, 0.29) is 6.09 Å². The van der Waals surface area contributed by atoms with Gasteiger partial charge in [-0.05, 0) is 82.3 Å². The van der Waals surface area contributed by atoms with Gasteiger partial charge in [0, 0.05) is 31.4 Å². The lowest BCUT2D eigenvalue weighted by Crippen LogP contribution is -2.38. The first kappa shape index (κ1) is 22.6. The molecule has 1 unspecified atom stereocenters. The molecule has 7 heteroatoms. The lowest BCUT2D eigenvalue weighted by molar-refractivity contribution is 0.0256. The first-order valence-corrected chi connectivity index (χ1v) is 12.8. The fourth-order valence-electron chi connectivity index (χ4n) is 4.59. The summed E-state index contributed by atoms with van der Waals surface area (Å²) in [6.45, 7) is 7.92. The van der Waals surface area contributed by atoms with E-state index in [2.05, 4.69) is 4.90 Å². The van der Waals surface area contributed by atoms with Crippen LogP contribution in [0.3, 0.4) is 0 Å². The van der Waals surface area contributed by atoms with E-state index in [1.807, 2.05) is 43.9 Å². The minimum absolute atomic E-state index is 0.240. The number of benzene rings is 2. The zero-order chi connectivity index (χ0) is 22.9. The van der Waals surface area contributed by atoms with E-state index in [9.17, 15) is 13.2 Å². The molecule has 0 aliphatic carbocycles. The summed E-state index contributed by atoms with van der Waals surface area (Å²) < 4.78 is 31.5. The third kappa shape index (κ3) is 4.77. The molecule has 0 radical (unpaired) electrons. The number of carbonyl (C=O) groups excluding carboxylic acids is 1. The van der Waals surface area contributed by atoms with E-state index in [0.717, 1.165) is 43.5 Å². The highest BCUT2D eigenvalue weighted by atomic mass is 32.2. The summed E-state index contributed by atoms with van der Waals surface area (Å²) in [6, 6.07) is 14.4. The van der Waals surface area contributed by atoms with Crippen molar-refractivity contribution < 1.29 is 17.9 Å². The van der Waals surface area contributed by atoms with E-state index < -0.39 is 15.4 Å². The van der Waals surface area contributed by atoms with E-state index in [0.29, 0.717) is 28.9 Å². The zero-order valence-electron chi connectivity index (χ0n) is 19.1. The Morgan fingerprint density at radius 2 is 1.72 bits per heavy atom. The minimum Gasteiger partial charge on any atom is -0.444 e. The normalized spacial score (nSPS) is 19.4. The maximum Gasteiger partial charge on any atom is 0.410 e. The first-order valence-electron chi connectivity index (χ1n) is 11.3. The van der Waals surface area contributed by atoms with Crippen LogP contribution in [0.15, 0.2) is 58.3 Å². The minimum atomic E-state index is -3.52. The fraction of sp³-hybridized carbons (Fsp3) is 0.480. The van der Waals surface area contributed by atoms with Crippen LogP contribution in [0, 0.1) is 0 Å². The maximum atomic E-state index is 13.0. The van der Waals surface area contributed by atoms with Crippen LogP contribution in [0.2, 0.25) is 0 Å². The van der Waals surface area contributed by atoms with Gasteiger partial charge in [0.15, 0.2) is 0 Å². The Morgan fingerprint density at radius 1 is 0.969 bits per heavy atom. The number of carbonyl (C=O) groups is 1. The summed E-state index contributed by atoms with van der Waals surface area (Å²) >= 11 is 0. The van der Waals surface area contributed by atoms with Crippen molar-refractivity contribution in [3.63, 3.8) is 0 Å². The summed E-state index contributed by atoms with van der Waals surface area (Å²) in [5.41, 5.74) is 1.71. The van der Waals surface area contributed by atoms with E-state index in [1.165, 1.54) is 0 Å². The molecule has 2 aromatic rings. The number of fused-ring (bicyclic) bond motifs is 1. The third-order valence-corrected chi connectivity index (χ3v) is 7.90. The molecule has 1 fully saturated rings. The lowest BCUT2D eigenvalue weighted by atomic mass is 10.1. The van der Waals surface area contributed by atoms with Gasteiger partial charge in [0.2, 0.25) is 9.84 Å². The second kappa shape index (κ2) is 8.77. The molecule has 2 heterocycles. The highest BCUT2D eigenvalue weighted by Crippen LogP contribution is 2.35. The Bertz CT molecular complexity index is 1080. The number of hydrogen-bond donors (Lipinski definition) is 0. The van der Waals surface area contributed by atoms with Gasteiger partial charge in [-0.2, -0.15) is 0 Å². The Balaban J connectivity index is 1.48. The molecule has 0 bridgehead atoms. The summed E-state index contributed by atoms with van der Waals surface area (Å²) in [4.78, 5) is 17.4. The molecule has 0 spiro atoms. The van der Waals surface area contributed by atoms with Gasteiger partial charge in [-0.1, -0.05) is 18.2 Å². The molecular formula is C25H32N2O4S. The summed E-state index contributed by atoms with van der Waals surface area (Å²) in [6.07, 6.45) is 3.40. The lowest BCUT2D eigenvalue weighted by Gasteiger charge is -2.30. The van der Waals surface area contributed by atoms with Crippen molar-refractivity contribution in [1.82, 2.24) is 4.90 Å². The quantitative estimate of drug-likeness (QED) is 0.671. The van der Waals surface area contributed by atoms with Crippen molar-refractivity contribution in [2.24, 2.45) is 0 Å². The van der Waals surface area contributed by atoms with Gasteiger partial charge in [-0.25, -0.2) is 13.2 Å². The monoisotopic (exact) mass is 456 g/mol. The van der Waals surface area contributed by atoms with Gasteiger partial charge < -0.3 is 14.5 Å². The second-order valence-corrected chi connectivity index (χ2v) is 11.6. The Kier molecular flexibility index (Phi) is 6.21. The SMILES string of the molecule is CC(C)(C)OC(=O)N1CCCC(N2CCc3cc(S(=O)(=O)c4ccccc4)ccc32)CC1. The number of hydrogen-bond acceptors (Lipinski definition) is 5. The fourth-order valence-corrected chi connectivity index (χ4v) is 5.92. The first-order chi connectivity index (χ1) is 15.1. The number of nitrogens with zero attached hydrogens (tertiary/aromatic N) is 2. The largest absolute Gasteiger partial charge is 0.444 e. The van der Waals surface area contributed by atoms with Gasteiger partial charge in [-0.15, -0.1) is 0 Å². The average Bonchev–Trinajstić information content (AvgIpc) is 3.01. The van der Waals surface area contributed by atoms with Crippen LogP contribution in [0.1, 0.15) is 45.6 Å². The number of sulfone groups is 1. The van der Waals surface area contributed by atoms with Crippen molar-refractivity contribution in [2.75, 3.05) is 24.5 Å². The molecule has 6 nitrogen and oxygen atoms in total. The molecular weight excluding hydrogens is 424 g/mol. The van der Waals surface area contributed by atoms with Crippen LogP contribution in [-0.2, 0) is 21.0 Å². The maximum absolute atomic E-state index is 13.0. The van der Waals surface area contributed by atoms with Crippen LogP contribution >= 0.6 is 0 Å². The summed E-state index contributed by atoms with van der Waals surface area (Å²) in [7, 11) is -3.52. The van der Waals surface area contributed by atoms with Crippen LogP contribution in [0.5, 0.6) is 0 Å². The number of likely N-dealkylation sites (tertiary alicyclic amines) is 1. The molecule has 172 valence electrons. The molecule has 1 amide bonds. The van der Waals surface area contributed by atoms with Crippen molar-refractivity contribution in [3.8, 4) is 0 Å².